The lowest BCUT2D eigenvalue weighted by molar-refractivity contribution is 0.392. The molecular weight excluding hydrogens is 344 g/mol. The summed E-state index contributed by atoms with van der Waals surface area (Å²) in [5, 5.41) is 2.14. The van der Waals surface area contributed by atoms with Crippen molar-refractivity contribution in [3.63, 3.8) is 0 Å². The number of aryl methyl sites for hydroxylation is 1. The van der Waals surface area contributed by atoms with Crippen LogP contribution < -0.4 is 10.4 Å². The van der Waals surface area contributed by atoms with Gasteiger partial charge in [-0.15, -0.1) is 0 Å². The van der Waals surface area contributed by atoms with Crippen molar-refractivity contribution in [1.82, 2.24) is 4.90 Å². The second-order valence-corrected chi connectivity index (χ2v) is 7.44. The van der Waals surface area contributed by atoms with Crippen LogP contribution in [0, 0.1) is 6.92 Å². The number of aliphatic imine (C=N–C) groups is 1. The summed E-state index contributed by atoms with van der Waals surface area (Å²) in [4.78, 5) is 7.40. The molecule has 140 valence electrons. The smallest absolute Gasteiger partial charge is 0.135 e. The van der Waals surface area contributed by atoms with Crippen LogP contribution in [0.3, 0.4) is 0 Å². The fourth-order valence-electron chi connectivity index (χ4n) is 4.08. The summed E-state index contributed by atoms with van der Waals surface area (Å²) >= 11 is 0. The van der Waals surface area contributed by atoms with Gasteiger partial charge in [-0.2, -0.15) is 0 Å². The highest BCUT2D eigenvalue weighted by atomic mass is 15.5. The summed E-state index contributed by atoms with van der Waals surface area (Å²) < 4.78 is 0. The Labute approximate surface area is 166 Å². The van der Waals surface area contributed by atoms with Crippen molar-refractivity contribution in [3.05, 3.63) is 95.1 Å². The molecular formula is C24H24N4. The lowest BCUT2D eigenvalue weighted by Crippen LogP contribution is -2.42. The van der Waals surface area contributed by atoms with Crippen molar-refractivity contribution >= 4 is 17.2 Å². The van der Waals surface area contributed by atoms with Gasteiger partial charge in [0.15, 0.2) is 0 Å². The van der Waals surface area contributed by atoms with Crippen molar-refractivity contribution in [2.24, 2.45) is 4.99 Å². The molecule has 4 nitrogen and oxygen atoms in total. The third-order valence-electron chi connectivity index (χ3n) is 5.63. The van der Waals surface area contributed by atoms with Gasteiger partial charge in [-0.05, 0) is 48.2 Å². The van der Waals surface area contributed by atoms with E-state index in [-0.39, 0.29) is 0 Å². The van der Waals surface area contributed by atoms with E-state index in [1.165, 1.54) is 27.9 Å². The summed E-state index contributed by atoms with van der Waals surface area (Å²) in [5.41, 5.74) is 11.1. The quantitative estimate of drug-likeness (QED) is 0.717. The minimum Gasteiger partial charge on any atom is -0.352 e. The zero-order valence-corrected chi connectivity index (χ0v) is 16.1. The topological polar surface area (TPSA) is 30.9 Å². The van der Waals surface area contributed by atoms with Crippen molar-refractivity contribution in [1.29, 1.82) is 0 Å². The van der Waals surface area contributed by atoms with Gasteiger partial charge in [-0.25, -0.2) is 4.99 Å². The van der Waals surface area contributed by atoms with Gasteiger partial charge < -0.3 is 4.90 Å². The Kier molecular flexibility index (Phi) is 4.24. The lowest BCUT2D eigenvalue weighted by atomic mass is 9.98. The fourth-order valence-corrected chi connectivity index (χ4v) is 4.08. The second kappa shape index (κ2) is 7.04. The molecule has 0 saturated carbocycles. The van der Waals surface area contributed by atoms with Gasteiger partial charge in [0.1, 0.15) is 12.5 Å². The molecule has 3 aromatic rings. The molecule has 0 spiro atoms. The summed E-state index contributed by atoms with van der Waals surface area (Å²) in [5.74, 6) is 1.10. The van der Waals surface area contributed by atoms with Gasteiger partial charge in [-0.1, -0.05) is 54.6 Å². The van der Waals surface area contributed by atoms with Crippen LogP contribution in [-0.4, -0.2) is 23.9 Å². The van der Waals surface area contributed by atoms with E-state index < -0.39 is 0 Å². The molecule has 1 N–H and O–H groups in total. The first-order valence-electron chi connectivity index (χ1n) is 9.85. The average Bonchev–Trinajstić information content (AvgIpc) is 2.75. The molecule has 0 fully saturated rings. The van der Waals surface area contributed by atoms with E-state index in [0.717, 1.165) is 31.0 Å². The maximum absolute atomic E-state index is 4.98. The number of hydrogen-bond acceptors (Lipinski definition) is 4. The maximum atomic E-state index is 4.98. The number of anilines is 2. The number of rotatable bonds is 2. The Bertz CT molecular complexity index is 1040. The van der Waals surface area contributed by atoms with Gasteiger partial charge in [-0.3, -0.25) is 10.4 Å². The highest BCUT2D eigenvalue weighted by Gasteiger charge is 2.26. The third kappa shape index (κ3) is 3.01. The van der Waals surface area contributed by atoms with E-state index in [1.54, 1.807) is 0 Å². The highest BCUT2D eigenvalue weighted by Crippen LogP contribution is 2.30. The van der Waals surface area contributed by atoms with Gasteiger partial charge >= 0.3 is 0 Å². The molecule has 28 heavy (non-hydrogen) atoms. The van der Waals surface area contributed by atoms with E-state index in [1.807, 2.05) is 0 Å². The van der Waals surface area contributed by atoms with Crippen LogP contribution in [0.25, 0.3) is 0 Å². The summed E-state index contributed by atoms with van der Waals surface area (Å²) in [7, 11) is 0. The van der Waals surface area contributed by atoms with Crippen molar-refractivity contribution < 1.29 is 0 Å². The zero-order valence-electron chi connectivity index (χ0n) is 16.1. The average molecular weight is 368 g/mol. The number of nitrogens with zero attached hydrogens (tertiary/aromatic N) is 3. The maximum Gasteiger partial charge on any atom is 0.135 e. The third-order valence-corrected chi connectivity index (χ3v) is 5.63. The first-order valence-corrected chi connectivity index (χ1v) is 9.85. The summed E-state index contributed by atoms with van der Waals surface area (Å²) in [6.07, 6.45) is 1.07. The van der Waals surface area contributed by atoms with E-state index in [4.69, 9.17) is 4.99 Å². The Morgan fingerprint density at radius 2 is 1.61 bits per heavy atom. The first-order chi connectivity index (χ1) is 13.8. The van der Waals surface area contributed by atoms with Crippen molar-refractivity contribution in [2.45, 2.75) is 19.9 Å². The van der Waals surface area contributed by atoms with Crippen LogP contribution in [0.15, 0.2) is 77.8 Å². The second-order valence-electron chi connectivity index (χ2n) is 7.44. The Morgan fingerprint density at radius 3 is 2.50 bits per heavy atom. The number of nitrogens with one attached hydrogen (secondary N) is 1. The summed E-state index contributed by atoms with van der Waals surface area (Å²) in [6, 6.07) is 25.7. The molecule has 2 heterocycles. The molecule has 2 aliphatic rings. The minimum atomic E-state index is 0.596. The standard InChI is InChI=1S/C24H24N4/c1-18-8-2-6-12-22(18)26-28-17-25-24(21-11-5-7-13-23(21)28)27-15-14-19-9-3-4-10-20(19)16-27/h2-13,26H,14-17H2,1H3. The van der Waals surface area contributed by atoms with E-state index in [9.17, 15) is 0 Å². The molecule has 0 radical (unpaired) electrons. The predicted molar refractivity (Wildman–Crippen MR) is 116 cm³/mol. The van der Waals surface area contributed by atoms with Crippen molar-refractivity contribution in [2.75, 3.05) is 23.6 Å². The number of hydrogen-bond donors (Lipinski definition) is 1. The van der Waals surface area contributed by atoms with Crippen LogP contribution in [0.1, 0.15) is 22.3 Å². The summed E-state index contributed by atoms with van der Waals surface area (Å²) in [6.45, 7) is 4.65. The van der Waals surface area contributed by atoms with E-state index >= 15 is 0 Å². The molecule has 4 heteroatoms. The number of hydrazine groups is 1. The molecule has 0 aliphatic carbocycles. The molecule has 0 amide bonds. The molecule has 0 aromatic heterocycles. The van der Waals surface area contributed by atoms with Crippen LogP contribution in [0.4, 0.5) is 11.4 Å². The molecule has 2 aliphatic heterocycles. The van der Waals surface area contributed by atoms with Gasteiger partial charge in [0, 0.05) is 18.7 Å². The van der Waals surface area contributed by atoms with Crippen LogP contribution in [-0.2, 0) is 13.0 Å². The van der Waals surface area contributed by atoms with Gasteiger partial charge in [0.2, 0.25) is 0 Å². The molecule has 0 unspecified atom stereocenters. The number of para-hydroxylation sites is 2. The Hall–Kier alpha value is -3.27. The molecule has 5 rings (SSSR count). The Balaban J connectivity index is 1.45. The van der Waals surface area contributed by atoms with Crippen molar-refractivity contribution in [3.8, 4) is 0 Å². The van der Waals surface area contributed by atoms with E-state index in [2.05, 4.69) is 95.1 Å². The van der Waals surface area contributed by atoms with Gasteiger partial charge in [0.25, 0.3) is 0 Å². The number of benzene rings is 3. The van der Waals surface area contributed by atoms with Crippen LogP contribution in [0.5, 0.6) is 0 Å². The highest BCUT2D eigenvalue weighted by molar-refractivity contribution is 6.05. The molecule has 3 aromatic carbocycles. The number of amidine groups is 1. The SMILES string of the molecule is Cc1ccccc1NN1CN=C(N2CCc3ccccc3C2)c2ccccc21. The monoisotopic (exact) mass is 368 g/mol. The Morgan fingerprint density at radius 1 is 0.857 bits per heavy atom. The van der Waals surface area contributed by atoms with Crippen LogP contribution >= 0.6 is 0 Å². The van der Waals surface area contributed by atoms with Crippen LogP contribution in [0.2, 0.25) is 0 Å². The van der Waals surface area contributed by atoms with E-state index in [0.29, 0.717) is 6.67 Å². The molecule has 0 saturated heterocycles. The fraction of sp³-hybridized carbons (Fsp3) is 0.208. The lowest BCUT2D eigenvalue weighted by Gasteiger charge is -2.37. The minimum absolute atomic E-state index is 0.596. The molecule has 0 bridgehead atoms. The first kappa shape index (κ1) is 16.9. The largest absolute Gasteiger partial charge is 0.352 e. The predicted octanol–water partition coefficient (Wildman–Crippen LogP) is 4.60. The number of fused-ring (bicyclic) bond motifs is 2. The zero-order chi connectivity index (χ0) is 18.9. The van der Waals surface area contributed by atoms with Gasteiger partial charge in [0.05, 0.1) is 11.4 Å². The molecule has 0 atom stereocenters. The normalized spacial score (nSPS) is 15.5.